The highest BCUT2D eigenvalue weighted by Gasteiger charge is 2.19. The van der Waals surface area contributed by atoms with E-state index in [-0.39, 0.29) is 18.2 Å². The van der Waals surface area contributed by atoms with Crippen LogP contribution >= 0.6 is 0 Å². The Labute approximate surface area is 134 Å². The zero-order valence-electron chi connectivity index (χ0n) is 13.1. The molecule has 0 amide bonds. The molecule has 2 aromatic rings. The number of ether oxygens (including phenoxy) is 1. The first-order chi connectivity index (χ1) is 11.1. The molecular formula is C19H18F2O2. The van der Waals surface area contributed by atoms with Crippen molar-refractivity contribution in [2.24, 2.45) is 0 Å². The lowest BCUT2D eigenvalue weighted by molar-refractivity contribution is -0.136. The summed E-state index contributed by atoms with van der Waals surface area (Å²) in [6.07, 6.45) is 0.553. The van der Waals surface area contributed by atoms with E-state index in [1.54, 1.807) is 31.2 Å². The molecule has 120 valence electrons. The molecule has 2 nitrogen and oxygen atoms in total. The largest absolute Gasteiger partial charge is 0.462 e. The van der Waals surface area contributed by atoms with Gasteiger partial charge < -0.3 is 4.74 Å². The summed E-state index contributed by atoms with van der Waals surface area (Å²) in [5.41, 5.74) is 2.42. The molecular weight excluding hydrogens is 298 g/mol. The second kappa shape index (κ2) is 7.68. The maximum atomic E-state index is 13.2. The first kappa shape index (κ1) is 16.9. The SMILES string of the molecule is CCOC(=O)/C(=C(\CC)c1ccc(F)cc1)c1ccc(F)cc1. The van der Waals surface area contributed by atoms with Gasteiger partial charge in [0.1, 0.15) is 11.6 Å². The molecule has 0 saturated carbocycles. The van der Waals surface area contributed by atoms with Gasteiger partial charge in [-0.2, -0.15) is 0 Å². The van der Waals surface area contributed by atoms with Crippen LogP contribution in [-0.2, 0) is 9.53 Å². The number of esters is 1. The fourth-order valence-corrected chi connectivity index (χ4v) is 2.41. The number of allylic oxidation sites excluding steroid dienone is 1. The van der Waals surface area contributed by atoms with Gasteiger partial charge in [0.2, 0.25) is 0 Å². The van der Waals surface area contributed by atoms with Gasteiger partial charge in [-0.25, -0.2) is 13.6 Å². The van der Waals surface area contributed by atoms with Gasteiger partial charge in [-0.1, -0.05) is 31.2 Å². The van der Waals surface area contributed by atoms with Crippen LogP contribution < -0.4 is 0 Å². The Morgan fingerprint density at radius 2 is 1.35 bits per heavy atom. The predicted octanol–water partition coefficient (Wildman–Crippen LogP) is 4.85. The van der Waals surface area contributed by atoms with Gasteiger partial charge in [0, 0.05) is 0 Å². The molecule has 0 aliphatic heterocycles. The van der Waals surface area contributed by atoms with Crippen LogP contribution in [-0.4, -0.2) is 12.6 Å². The van der Waals surface area contributed by atoms with Crippen LogP contribution in [0.2, 0.25) is 0 Å². The highest BCUT2D eigenvalue weighted by atomic mass is 19.1. The van der Waals surface area contributed by atoms with Crippen LogP contribution in [0.3, 0.4) is 0 Å². The molecule has 0 atom stereocenters. The lowest BCUT2D eigenvalue weighted by atomic mass is 9.93. The molecule has 0 spiro atoms. The van der Waals surface area contributed by atoms with Gasteiger partial charge in [-0.05, 0) is 54.3 Å². The molecule has 0 N–H and O–H groups in total. The Hall–Kier alpha value is -2.49. The Bertz CT molecular complexity index is 701. The summed E-state index contributed by atoms with van der Waals surface area (Å²) < 4.78 is 31.5. The monoisotopic (exact) mass is 316 g/mol. The highest BCUT2D eigenvalue weighted by Crippen LogP contribution is 2.30. The molecule has 0 aliphatic rings. The van der Waals surface area contributed by atoms with Crippen molar-refractivity contribution in [1.29, 1.82) is 0 Å². The Morgan fingerprint density at radius 3 is 1.78 bits per heavy atom. The van der Waals surface area contributed by atoms with Crippen molar-refractivity contribution in [3.05, 3.63) is 71.3 Å². The lowest BCUT2D eigenvalue weighted by Crippen LogP contribution is -2.09. The summed E-state index contributed by atoms with van der Waals surface area (Å²) in [5.74, 6) is -1.19. The quantitative estimate of drug-likeness (QED) is 0.448. The topological polar surface area (TPSA) is 26.3 Å². The minimum absolute atomic E-state index is 0.240. The van der Waals surface area contributed by atoms with Gasteiger partial charge in [-0.15, -0.1) is 0 Å². The third-order valence-corrected chi connectivity index (χ3v) is 3.46. The Kier molecular flexibility index (Phi) is 5.63. The van der Waals surface area contributed by atoms with Gasteiger partial charge in [0.05, 0.1) is 12.2 Å². The number of halogens is 2. The first-order valence-electron chi connectivity index (χ1n) is 7.49. The summed E-state index contributed by atoms with van der Waals surface area (Å²) in [6.45, 7) is 3.87. The van der Waals surface area contributed by atoms with Crippen LogP contribution in [0.15, 0.2) is 48.5 Å². The molecule has 4 heteroatoms. The van der Waals surface area contributed by atoms with E-state index in [0.717, 1.165) is 11.1 Å². The van der Waals surface area contributed by atoms with E-state index in [0.29, 0.717) is 17.6 Å². The van der Waals surface area contributed by atoms with E-state index in [9.17, 15) is 13.6 Å². The van der Waals surface area contributed by atoms with E-state index >= 15 is 0 Å². The molecule has 0 radical (unpaired) electrons. The zero-order valence-corrected chi connectivity index (χ0v) is 13.1. The maximum absolute atomic E-state index is 13.2. The Morgan fingerprint density at radius 1 is 0.870 bits per heavy atom. The van der Waals surface area contributed by atoms with E-state index in [1.165, 1.54) is 24.3 Å². The number of benzene rings is 2. The van der Waals surface area contributed by atoms with Crippen molar-refractivity contribution in [3.8, 4) is 0 Å². The van der Waals surface area contributed by atoms with E-state index < -0.39 is 5.97 Å². The molecule has 0 fully saturated rings. The summed E-state index contributed by atoms with van der Waals surface area (Å²) in [7, 11) is 0. The average Bonchev–Trinajstić information content (AvgIpc) is 2.55. The van der Waals surface area contributed by atoms with E-state index in [2.05, 4.69) is 0 Å². The van der Waals surface area contributed by atoms with Gasteiger partial charge in [-0.3, -0.25) is 0 Å². The zero-order chi connectivity index (χ0) is 16.8. The number of rotatable bonds is 5. The minimum atomic E-state index is -0.472. The maximum Gasteiger partial charge on any atom is 0.339 e. The van der Waals surface area contributed by atoms with Crippen molar-refractivity contribution >= 4 is 17.1 Å². The third kappa shape index (κ3) is 4.03. The standard InChI is InChI=1S/C19H18F2O2/c1-3-17(13-5-9-15(20)10-6-13)18(19(22)23-4-2)14-7-11-16(21)12-8-14/h5-12H,3-4H2,1-2H3/b18-17+. The lowest BCUT2D eigenvalue weighted by Gasteiger charge is -2.14. The second-order valence-corrected chi connectivity index (χ2v) is 4.94. The molecule has 23 heavy (non-hydrogen) atoms. The minimum Gasteiger partial charge on any atom is -0.462 e. The van der Waals surface area contributed by atoms with E-state index in [1.807, 2.05) is 6.92 Å². The molecule has 2 aromatic carbocycles. The molecule has 2 rings (SSSR count). The molecule has 0 unspecified atom stereocenters. The van der Waals surface area contributed by atoms with Crippen molar-refractivity contribution in [1.82, 2.24) is 0 Å². The third-order valence-electron chi connectivity index (χ3n) is 3.46. The van der Waals surface area contributed by atoms with Crippen molar-refractivity contribution in [2.45, 2.75) is 20.3 Å². The van der Waals surface area contributed by atoms with E-state index in [4.69, 9.17) is 4.74 Å². The van der Waals surface area contributed by atoms with Gasteiger partial charge >= 0.3 is 5.97 Å². The molecule has 0 aromatic heterocycles. The predicted molar refractivity (Wildman–Crippen MR) is 86.5 cm³/mol. The van der Waals surface area contributed by atoms with Gasteiger partial charge in [0.25, 0.3) is 0 Å². The van der Waals surface area contributed by atoms with Crippen LogP contribution in [0, 0.1) is 11.6 Å². The summed E-state index contributed by atoms with van der Waals surface area (Å²) in [4.78, 5) is 12.4. The normalized spacial score (nSPS) is 11.8. The average molecular weight is 316 g/mol. The molecule has 0 aliphatic carbocycles. The summed E-state index contributed by atoms with van der Waals surface area (Å²) >= 11 is 0. The van der Waals surface area contributed by atoms with Crippen LogP contribution in [0.5, 0.6) is 0 Å². The van der Waals surface area contributed by atoms with Crippen molar-refractivity contribution in [3.63, 3.8) is 0 Å². The Balaban J connectivity index is 2.62. The number of carbonyl (C=O) groups excluding carboxylic acids is 1. The molecule has 0 saturated heterocycles. The molecule has 0 heterocycles. The van der Waals surface area contributed by atoms with Crippen molar-refractivity contribution < 1.29 is 18.3 Å². The number of carbonyl (C=O) groups is 1. The van der Waals surface area contributed by atoms with Crippen LogP contribution in [0.1, 0.15) is 31.4 Å². The van der Waals surface area contributed by atoms with Crippen molar-refractivity contribution in [2.75, 3.05) is 6.61 Å². The fraction of sp³-hybridized carbons (Fsp3) is 0.211. The van der Waals surface area contributed by atoms with Crippen LogP contribution in [0.4, 0.5) is 8.78 Å². The highest BCUT2D eigenvalue weighted by molar-refractivity contribution is 6.24. The van der Waals surface area contributed by atoms with Crippen LogP contribution in [0.25, 0.3) is 11.1 Å². The first-order valence-corrected chi connectivity index (χ1v) is 7.49. The summed E-state index contributed by atoms with van der Waals surface area (Å²) in [5, 5.41) is 0. The fourth-order valence-electron chi connectivity index (χ4n) is 2.41. The number of hydrogen-bond donors (Lipinski definition) is 0. The molecule has 0 bridgehead atoms. The van der Waals surface area contributed by atoms with Gasteiger partial charge in [0.15, 0.2) is 0 Å². The second-order valence-electron chi connectivity index (χ2n) is 4.94. The summed E-state index contributed by atoms with van der Waals surface area (Å²) in [6, 6.07) is 11.6. The number of hydrogen-bond acceptors (Lipinski definition) is 2. The smallest absolute Gasteiger partial charge is 0.339 e.